The number of hydrogen-bond donors (Lipinski definition) is 1. The van der Waals surface area contributed by atoms with Gasteiger partial charge in [0.1, 0.15) is 0 Å². The van der Waals surface area contributed by atoms with Gasteiger partial charge in [0.05, 0.1) is 13.2 Å². The van der Waals surface area contributed by atoms with Gasteiger partial charge < -0.3 is 19.9 Å². The number of hydrogen-bond acceptors (Lipinski definition) is 5. The zero-order valence-electron chi connectivity index (χ0n) is 19.3. The summed E-state index contributed by atoms with van der Waals surface area (Å²) in [5.74, 6) is 0.657. The van der Waals surface area contributed by atoms with Crippen molar-refractivity contribution in [1.82, 2.24) is 15.1 Å². The normalized spacial score (nSPS) is 18.8. The first-order chi connectivity index (χ1) is 15.0. The Morgan fingerprint density at radius 2 is 1.58 bits per heavy atom. The van der Waals surface area contributed by atoms with E-state index in [9.17, 15) is 9.59 Å². The predicted molar refractivity (Wildman–Crippen MR) is 124 cm³/mol. The van der Waals surface area contributed by atoms with Gasteiger partial charge in [-0.2, -0.15) is 0 Å². The number of piperazine rings is 1. The second-order valence-corrected chi connectivity index (χ2v) is 8.56. The van der Waals surface area contributed by atoms with Gasteiger partial charge in [-0.05, 0) is 37.1 Å². The third-order valence-electron chi connectivity index (χ3n) is 6.78. The number of anilines is 1. The number of carbonyl (C=O) groups excluding carboxylic acids is 2. The molecule has 1 aromatic carbocycles. The Bertz CT molecular complexity index is 706. The summed E-state index contributed by atoms with van der Waals surface area (Å²) in [6, 6.07) is 8.14. The predicted octanol–water partition coefficient (Wildman–Crippen LogP) is 2.86. The van der Waals surface area contributed by atoms with Crippen molar-refractivity contribution in [2.75, 3.05) is 63.9 Å². The number of morpholine rings is 1. The SMILES string of the molecule is CCC(CC)C(CNC(=O)N1CCN(c2ccc(C(C)=O)cc2)CC1)N1CCOCC1. The molecule has 0 radical (unpaired) electrons. The van der Waals surface area contributed by atoms with Crippen LogP contribution in [-0.4, -0.2) is 86.7 Å². The number of Topliss-reactive ketones (excluding diaryl/α,β-unsaturated/α-hetero) is 1. The van der Waals surface area contributed by atoms with Gasteiger partial charge in [-0.3, -0.25) is 9.69 Å². The Balaban J connectivity index is 1.50. The fourth-order valence-electron chi connectivity index (χ4n) is 4.71. The van der Waals surface area contributed by atoms with E-state index >= 15 is 0 Å². The molecule has 2 heterocycles. The molecule has 2 aliphatic rings. The van der Waals surface area contributed by atoms with Crippen LogP contribution in [0.5, 0.6) is 0 Å². The average Bonchev–Trinajstić information content (AvgIpc) is 2.82. The Hall–Kier alpha value is -2.12. The molecule has 2 amide bonds. The summed E-state index contributed by atoms with van der Waals surface area (Å²) < 4.78 is 5.52. The highest BCUT2D eigenvalue weighted by atomic mass is 16.5. The third kappa shape index (κ3) is 6.20. The van der Waals surface area contributed by atoms with Crippen molar-refractivity contribution in [2.24, 2.45) is 5.92 Å². The van der Waals surface area contributed by atoms with Crippen LogP contribution in [-0.2, 0) is 4.74 Å². The summed E-state index contributed by atoms with van der Waals surface area (Å²) in [7, 11) is 0. The molecule has 0 aromatic heterocycles. The van der Waals surface area contributed by atoms with Gasteiger partial charge in [0.2, 0.25) is 0 Å². The van der Waals surface area contributed by atoms with Crippen LogP contribution in [0.3, 0.4) is 0 Å². The number of nitrogens with zero attached hydrogens (tertiary/aromatic N) is 3. The lowest BCUT2D eigenvalue weighted by molar-refractivity contribution is 0.00210. The highest BCUT2D eigenvalue weighted by Gasteiger charge is 2.28. The lowest BCUT2D eigenvalue weighted by atomic mass is 9.92. The minimum absolute atomic E-state index is 0.0378. The van der Waals surface area contributed by atoms with Crippen molar-refractivity contribution in [3.8, 4) is 0 Å². The first-order valence-corrected chi connectivity index (χ1v) is 11.7. The molecular formula is C24H38N4O3. The van der Waals surface area contributed by atoms with Crippen LogP contribution >= 0.6 is 0 Å². The van der Waals surface area contributed by atoms with E-state index in [0.717, 1.165) is 63.5 Å². The standard InChI is InChI=1S/C24H38N4O3/c1-4-20(5-2)23(27-14-16-31-17-15-27)18-25-24(30)28-12-10-26(11-13-28)22-8-6-21(7-9-22)19(3)29/h6-9,20,23H,4-5,10-18H2,1-3H3,(H,25,30). The average molecular weight is 431 g/mol. The minimum Gasteiger partial charge on any atom is -0.379 e. The smallest absolute Gasteiger partial charge is 0.317 e. The van der Waals surface area contributed by atoms with Gasteiger partial charge in [-0.15, -0.1) is 0 Å². The fraction of sp³-hybridized carbons (Fsp3) is 0.667. The van der Waals surface area contributed by atoms with Gasteiger partial charge in [0, 0.05) is 63.1 Å². The number of nitrogens with one attached hydrogen (secondary N) is 1. The molecule has 0 aliphatic carbocycles. The molecule has 0 spiro atoms. The van der Waals surface area contributed by atoms with E-state index in [2.05, 4.69) is 29.0 Å². The van der Waals surface area contributed by atoms with Gasteiger partial charge >= 0.3 is 6.03 Å². The molecule has 172 valence electrons. The maximum absolute atomic E-state index is 12.9. The molecule has 1 aromatic rings. The largest absolute Gasteiger partial charge is 0.379 e. The van der Waals surface area contributed by atoms with Gasteiger partial charge in [0.25, 0.3) is 0 Å². The Labute approximate surface area is 186 Å². The van der Waals surface area contributed by atoms with E-state index < -0.39 is 0 Å². The van der Waals surface area contributed by atoms with Crippen molar-refractivity contribution >= 4 is 17.5 Å². The number of urea groups is 1. The van der Waals surface area contributed by atoms with Crippen LogP contribution < -0.4 is 10.2 Å². The van der Waals surface area contributed by atoms with Crippen molar-refractivity contribution in [3.05, 3.63) is 29.8 Å². The highest BCUT2D eigenvalue weighted by Crippen LogP contribution is 2.20. The van der Waals surface area contributed by atoms with Crippen LogP contribution in [0.1, 0.15) is 44.0 Å². The summed E-state index contributed by atoms with van der Waals surface area (Å²) in [5, 5.41) is 3.22. The summed E-state index contributed by atoms with van der Waals surface area (Å²) in [5.41, 5.74) is 1.83. The summed E-state index contributed by atoms with van der Waals surface area (Å²) in [6.07, 6.45) is 2.24. The van der Waals surface area contributed by atoms with Crippen LogP contribution in [0.4, 0.5) is 10.5 Å². The van der Waals surface area contributed by atoms with Crippen molar-refractivity contribution in [2.45, 2.75) is 39.7 Å². The molecule has 1 atom stereocenters. The Morgan fingerprint density at radius 1 is 0.968 bits per heavy atom. The summed E-state index contributed by atoms with van der Waals surface area (Å²) in [6.45, 7) is 13.2. The number of carbonyl (C=O) groups is 2. The molecule has 0 saturated carbocycles. The molecule has 7 nitrogen and oxygen atoms in total. The van der Waals surface area contributed by atoms with Crippen LogP contribution in [0.2, 0.25) is 0 Å². The van der Waals surface area contributed by atoms with Crippen LogP contribution in [0.25, 0.3) is 0 Å². The molecule has 2 aliphatic heterocycles. The molecule has 3 rings (SSSR count). The van der Waals surface area contributed by atoms with E-state index in [-0.39, 0.29) is 11.8 Å². The lowest BCUT2D eigenvalue weighted by Crippen LogP contribution is -2.56. The van der Waals surface area contributed by atoms with Gasteiger partial charge in [-0.1, -0.05) is 26.7 Å². The molecular weight excluding hydrogens is 392 g/mol. The zero-order chi connectivity index (χ0) is 22.2. The van der Waals surface area contributed by atoms with E-state index in [0.29, 0.717) is 31.6 Å². The lowest BCUT2D eigenvalue weighted by Gasteiger charge is -2.40. The minimum atomic E-state index is 0.0378. The highest BCUT2D eigenvalue weighted by molar-refractivity contribution is 5.94. The number of rotatable bonds is 8. The Kier molecular flexibility index (Phi) is 8.72. The first-order valence-electron chi connectivity index (χ1n) is 11.7. The van der Waals surface area contributed by atoms with E-state index in [1.807, 2.05) is 29.2 Å². The first kappa shape index (κ1) is 23.5. The topological polar surface area (TPSA) is 65.1 Å². The number of ether oxygens (including phenoxy) is 1. The van der Waals surface area contributed by atoms with Crippen LogP contribution in [0, 0.1) is 5.92 Å². The van der Waals surface area contributed by atoms with Gasteiger partial charge in [0.15, 0.2) is 5.78 Å². The molecule has 2 saturated heterocycles. The summed E-state index contributed by atoms with van der Waals surface area (Å²) >= 11 is 0. The molecule has 1 unspecified atom stereocenters. The fourth-order valence-corrected chi connectivity index (χ4v) is 4.71. The second kappa shape index (κ2) is 11.5. The van der Waals surface area contributed by atoms with Crippen LogP contribution in [0.15, 0.2) is 24.3 Å². The number of benzene rings is 1. The number of amides is 2. The maximum Gasteiger partial charge on any atom is 0.317 e. The van der Waals surface area contributed by atoms with Crippen molar-refractivity contribution in [3.63, 3.8) is 0 Å². The monoisotopic (exact) mass is 430 g/mol. The third-order valence-corrected chi connectivity index (χ3v) is 6.78. The summed E-state index contributed by atoms with van der Waals surface area (Å²) in [4.78, 5) is 31.0. The quantitative estimate of drug-likeness (QED) is 0.643. The molecule has 2 fully saturated rings. The molecule has 7 heteroatoms. The van der Waals surface area contributed by atoms with E-state index in [1.54, 1.807) is 6.92 Å². The molecule has 1 N–H and O–H groups in total. The molecule has 31 heavy (non-hydrogen) atoms. The molecule has 0 bridgehead atoms. The maximum atomic E-state index is 12.9. The number of ketones is 1. The van der Waals surface area contributed by atoms with Gasteiger partial charge in [-0.25, -0.2) is 4.79 Å². The van der Waals surface area contributed by atoms with Crippen molar-refractivity contribution < 1.29 is 14.3 Å². The second-order valence-electron chi connectivity index (χ2n) is 8.56. The van der Waals surface area contributed by atoms with E-state index in [1.165, 1.54) is 0 Å². The zero-order valence-corrected chi connectivity index (χ0v) is 19.3. The Morgan fingerprint density at radius 3 is 2.13 bits per heavy atom. The van der Waals surface area contributed by atoms with E-state index in [4.69, 9.17) is 4.74 Å². The van der Waals surface area contributed by atoms with Crippen molar-refractivity contribution in [1.29, 1.82) is 0 Å².